The second-order valence-electron chi connectivity index (χ2n) is 8.62. The molecule has 0 atom stereocenters. The van der Waals surface area contributed by atoms with Crippen LogP contribution in [-0.2, 0) is 19.5 Å². The van der Waals surface area contributed by atoms with E-state index in [9.17, 15) is 4.79 Å². The Morgan fingerprint density at radius 3 is 2.81 bits per heavy atom. The highest BCUT2D eigenvalue weighted by Crippen LogP contribution is 2.24. The number of hydrogen-bond donors (Lipinski definition) is 1. The van der Waals surface area contributed by atoms with E-state index in [4.69, 9.17) is 15.1 Å². The SMILES string of the molecule is Cc1cc2oc(N)c(CN3CCc4nc(C5=NCCCC5)ncc4C3)c(=O)c2cc1C. The standard InChI is InChI=1S/C24H27N5O2/c1-14-9-17-21(10-15(14)2)31-23(25)18(22(17)30)13-29-8-6-19-16(12-29)11-27-24(28-19)20-5-3-4-7-26-20/h9-11H,3-8,12-13,25H2,1-2H3. The number of nitrogens with two attached hydrogens (primary N) is 1. The van der Waals surface area contributed by atoms with Crippen molar-refractivity contribution < 1.29 is 4.42 Å². The summed E-state index contributed by atoms with van der Waals surface area (Å²) in [6.07, 6.45) is 5.99. The lowest BCUT2D eigenvalue weighted by molar-refractivity contribution is 0.241. The van der Waals surface area contributed by atoms with Gasteiger partial charge in [-0.2, -0.15) is 0 Å². The number of aryl methyl sites for hydroxylation is 2. The molecule has 0 saturated carbocycles. The highest BCUT2D eigenvalue weighted by atomic mass is 16.3. The molecule has 2 aliphatic heterocycles. The van der Waals surface area contributed by atoms with Crippen LogP contribution >= 0.6 is 0 Å². The van der Waals surface area contributed by atoms with Crippen LogP contribution in [0.15, 0.2) is 32.5 Å². The first-order valence-corrected chi connectivity index (χ1v) is 10.9. The van der Waals surface area contributed by atoms with E-state index in [0.29, 0.717) is 29.6 Å². The average molecular weight is 418 g/mol. The minimum atomic E-state index is -0.0467. The van der Waals surface area contributed by atoms with Crippen LogP contribution in [0.3, 0.4) is 0 Å². The van der Waals surface area contributed by atoms with Crippen molar-refractivity contribution in [2.45, 2.75) is 52.6 Å². The molecule has 0 spiro atoms. The molecule has 7 heteroatoms. The monoisotopic (exact) mass is 417 g/mol. The predicted octanol–water partition coefficient (Wildman–Crippen LogP) is 3.31. The molecule has 2 aromatic heterocycles. The Kier molecular flexibility index (Phi) is 5.06. The van der Waals surface area contributed by atoms with Crippen LogP contribution < -0.4 is 11.2 Å². The van der Waals surface area contributed by atoms with Crippen LogP contribution in [0.1, 0.15) is 53.0 Å². The van der Waals surface area contributed by atoms with Crippen LogP contribution in [0.5, 0.6) is 0 Å². The molecule has 0 fully saturated rings. The van der Waals surface area contributed by atoms with Crippen molar-refractivity contribution in [3.8, 4) is 0 Å². The molecule has 1 aromatic carbocycles. The maximum atomic E-state index is 13.1. The molecular weight excluding hydrogens is 390 g/mol. The van der Waals surface area contributed by atoms with E-state index in [1.807, 2.05) is 32.2 Å². The zero-order valence-corrected chi connectivity index (χ0v) is 18.1. The maximum Gasteiger partial charge on any atom is 0.199 e. The molecule has 0 radical (unpaired) electrons. The van der Waals surface area contributed by atoms with Crippen molar-refractivity contribution in [1.29, 1.82) is 0 Å². The molecule has 7 nitrogen and oxygen atoms in total. The molecule has 3 aromatic rings. The van der Waals surface area contributed by atoms with Gasteiger partial charge >= 0.3 is 0 Å². The number of nitrogens with zero attached hydrogens (tertiary/aromatic N) is 4. The van der Waals surface area contributed by atoms with Gasteiger partial charge in [-0.15, -0.1) is 0 Å². The van der Waals surface area contributed by atoms with Crippen molar-refractivity contribution in [2.75, 3.05) is 18.8 Å². The molecule has 31 heavy (non-hydrogen) atoms. The number of anilines is 1. The predicted molar refractivity (Wildman–Crippen MR) is 121 cm³/mol. The Hall–Kier alpha value is -3.06. The molecule has 0 aliphatic carbocycles. The van der Waals surface area contributed by atoms with Gasteiger partial charge in [0.1, 0.15) is 5.58 Å². The molecule has 5 rings (SSSR count). The molecule has 0 saturated heterocycles. The number of rotatable bonds is 3. The fourth-order valence-electron chi connectivity index (χ4n) is 4.41. The van der Waals surface area contributed by atoms with Crippen molar-refractivity contribution in [2.24, 2.45) is 4.99 Å². The van der Waals surface area contributed by atoms with Crippen LogP contribution in [0.25, 0.3) is 11.0 Å². The number of benzene rings is 1. The maximum absolute atomic E-state index is 13.1. The summed E-state index contributed by atoms with van der Waals surface area (Å²) in [7, 11) is 0. The topological polar surface area (TPSA) is 97.6 Å². The van der Waals surface area contributed by atoms with E-state index < -0.39 is 0 Å². The Morgan fingerprint density at radius 2 is 2.00 bits per heavy atom. The van der Waals surface area contributed by atoms with Crippen LogP contribution in [0, 0.1) is 13.8 Å². The van der Waals surface area contributed by atoms with E-state index >= 15 is 0 Å². The third kappa shape index (κ3) is 3.74. The van der Waals surface area contributed by atoms with Gasteiger partial charge in [0, 0.05) is 44.4 Å². The van der Waals surface area contributed by atoms with Gasteiger partial charge in [-0.25, -0.2) is 9.97 Å². The quantitative estimate of drug-likeness (QED) is 0.702. The van der Waals surface area contributed by atoms with Gasteiger partial charge in [-0.3, -0.25) is 14.7 Å². The molecule has 0 unspecified atom stereocenters. The Balaban J connectivity index is 1.40. The summed E-state index contributed by atoms with van der Waals surface area (Å²) < 4.78 is 5.82. The smallest absolute Gasteiger partial charge is 0.199 e. The minimum absolute atomic E-state index is 0.0467. The molecule has 2 aliphatic rings. The fraction of sp³-hybridized carbons (Fsp3) is 0.417. The summed E-state index contributed by atoms with van der Waals surface area (Å²) in [6, 6.07) is 3.78. The highest BCUT2D eigenvalue weighted by molar-refractivity contribution is 5.97. The van der Waals surface area contributed by atoms with E-state index in [-0.39, 0.29) is 11.3 Å². The van der Waals surface area contributed by atoms with Gasteiger partial charge in [0.2, 0.25) is 0 Å². The normalized spacial score (nSPS) is 16.9. The Morgan fingerprint density at radius 1 is 1.16 bits per heavy atom. The number of aliphatic imine (C=N–C) groups is 1. The van der Waals surface area contributed by atoms with E-state index in [0.717, 1.165) is 72.7 Å². The Bertz CT molecular complexity index is 1260. The molecule has 0 amide bonds. The third-order valence-electron chi connectivity index (χ3n) is 6.41. The molecular formula is C24H27N5O2. The number of nitrogen functional groups attached to an aromatic ring is 1. The zero-order valence-electron chi connectivity index (χ0n) is 18.1. The first-order chi connectivity index (χ1) is 15.0. The second kappa shape index (κ2) is 7.89. The van der Waals surface area contributed by atoms with E-state index in [1.54, 1.807) is 0 Å². The fourth-order valence-corrected chi connectivity index (χ4v) is 4.41. The summed E-state index contributed by atoms with van der Waals surface area (Å²) in [6.45, 7) is 6.81. The first kappa shape index (κ1) is 19.9. The minimum Gasteiger partial charge on any atom is -0.440 e. The van der Waals surface area contributed by atoms with Crippen LogP contribution in [0.2, 0.25) is 0 Å². The summed E-state index contributed by atoms with van der Waals surface area (Å²) in [5, 5.41) is 0.589. The van der Waals surface area contributed by atoms with Crippen LogP contribution in [-0.4, -0.2) is 33.7 Å². The van der Waals surface area contributed by atoms with E-state index in [1.165, 1.54) is 0 Å². The van der Waals surface area contributed by atoms with Crippen LogP contribution in [0.4, 0.5) is 5.88 Å². The van der Waals surface area contributed by atoms with E-state index in [2.05, 4.69) is 14.9 Å². The lowest BCUT2D eigenvalue weighted by atomic mass is 10.0. The van der Waals surface area contributed by atoms with Gasteiger partial charge < -0.3 is 10.2 Å². The number of hydrogen-bond acceptors (Lipinski definition) is 7. The van der Waals surface area contributed by atoms with Crippen molar-refractivity contribution in [1.82, 2.24) is 14.9 Å². The molecule has 4 heterocycles. The van der Waals surface area contributed by atoms with Gasteiger partial charge in [-0.05, 0) is 56.4 Å². The molecule has 0 bridgehead atoms. The summed E-state index contributed by atoms with van der Waals surface area (Å²) in [4.78, 5) is 29.3. The lowest BCUT2D eigenvalue weighted by Crippen LogP contribution is -2.33. The summed E-state index contributed by atoms with van der Waals surface area (Å²) >= 11 is 0. The zero-order chi connectivity index (χ0) is 21.5. The largest absolute Gasteiger partial charge is 0.440 e. The third-order valence-corrected chi connectivity index (χ3v) is 6.41. The Labute approximate surface area is 181 Å². The van der Waals surface area contributed by atoms with Crippen molar-refractivity contribution in [3.63, 3.8) is 0 Å². The highest BCUT2D eigenvalue weighted by Gasteiger charge is 2.23. The number of fused-ring (bicyclic) bond motifs is 2. The van der Waals surface area contributed by atoms with Gasteiger partial charge in [0.15, 0.2) is 17.1 Å². The van der Waals surface area contributed by atoms with Gasteiger partial charge in [0.25, 0.3) is 0 Å². The van der Waals surface area contributed by atoms with Gasteiger partial charge in [-0.1, -0.05) is 0 Å². The average Bonchev–Trinajstić information content (AvgIpc) is 2.78. The second-order valence-corrected chi connectivity index (χ2v) is 8.62. The van der Waals surface area contributed by atoms with Crippen molar-refractivity contribution >= 4 is 22.6 Å². The summed E-state index contributed by atoms with van der Waals surface area (Å²) in [5.41, 5.74) is 12.5. The first-order valence-electron chi connectivity index (χ1n) is 10.9. The van der Waals surface area contributed by atoms with Crippen molar-refractivity contribution in [3.05, 3.63) is 62.3 Å². The molecule has 2 N–H and O–H groups in total. The van der Waals surface area contributed by atoms with Gasteiger partial charge in [0.05, 0.1) is 22.4 Å². The lowest BCUT2D eigenvalue weighted by Gasteiger charge is -2.28. The number of aromatic nitrogens is 2. The molecule has 160 valence electrons. The summed E-state index contributed by atoms with van der Waals surface area (Å²) in [5.74, 6) is 0.977.